The lowest BCUT2D eigenvalue weighted by Crippen LogP contribution is -2.36. The number of halogens is 1. The Hall–Kier alpha value is -2.16. The van der Waals surface area contributed by atoms with E-state index >= 15 is 0 Å². The van der Waals surface area contributed by atoms with Gasteiger partial charge < -0.3 is 18.9 Å². The van der Waals surface area contributed by atoms with Gasteiger partial charge in [-0.2, -0.15) is 5.10 Å². The van der Waals surface area contributed by atoms with Gasteiger partial charge in [0.15, 0.2) is 10.8 Å². The van der Waals surface area contributed by atoms with E-state index in [1.165, 1.54) is 10.9 Å². The van der Waals surface area contributed by atoms with Gasteiger partial charge >= 0.3 is 0 Å². The number of hydrogen-bond acceptors (Lipinski definition) is 7. The summed E-state index contributed by atoms with van der Waals surface area (Å²) in [5, 5.41) is 4.14. The first-order valence-corrected chi connectivity index (χ1v) is 9.26. The minimum absolute atomic E-state index is 0.00584. The van der Waals surface area contributed by atoms with E-state index in [0.29, 0.717) is 32.3 Å². The lowest BCUT2D eigenvalue weighted by atomic mass is 10.1. The van der Waals surface area contributed by atoms with Gasteiger partial charge in [-0.1, -0.05) is 11.6 Å². The van der Waals surface area contributed by atoms with Crippen LogP contribution < -0.4 is 15.0 Å². The molecule has 28 heavy (non-hydrogen) atoms. The van der Waals surface area contributed by atoms with E-state index in [2.05, 4.69) is 10.1 Å². The normalized spacial score (nSPS) is 11.5. The highest BCUT2D eigenvalue weighted by Crippen LogP contribution is 2.22. The zero-order valence-electron chi connectivity index (χ0n) is 16.6. The second-order valence-electron chi connectivity index (χ2n) is 6.96. The molecule has 0 aliphatic heterocycles. The number of nitrogens with zero attached hydrogens (tertiary/aromatic N) is 3. The fourth-order valence-electron chi connectivity index (χ4n) is 2.19. The van der Waals surface area contributed by atoms with Gasteiger partial charge in [0, 0.05) is 24.9 Å². The van der Waals surface area contributed by atoms with Crippen molar-refractivity contribution < 1.29 is 18.9 Å². The van der Waals surface area contributed by atoms with Crippen molar-refractivity contribution in [2.45, 2.75) is 32.9 Å². The largest absolute Gasteiger partial charge is 0.485 e. The quantitative estimate of drug-likeness (QED) is 0.555. The van der Waals surface area contributed by atoms with Crippen molar-refractivity contribution in [2.24, 2.45) is 0 Å². The third-order valence-corrected chi connectivity index (χ3v) is 3.97. The molecule has 9 heteroatoms. The maximum absolute atomic E-state index is 12.3. The number of ether oxygens (including phenoxy) is 4. The molecule has 0 aromatic carbocycles. The van der Waals surface area contributed by atoms with Crippen molar-refractivity contribution in [1.29, 1.82) is 0 Å². The minimum atomic E-state index is -0.464. The summed E-state index contributed by atoms with van der Waals surface area (Å²) >= 11 is 6.14. The Balaban J connectivity index is 1.86. The van der Waals surface area contributed by atoms with Gasteiger partial charge in [-0.25, -0.2) is 9.67 Å². The monoisotopic (exact) mass is 411 g/mol. The molecule has 154 valence electrons. The summed E-state index contributed by atoms with van der Waals surface area (Å²) in [5.41, 5.74) is -0.0469. The molecular weight excluding hydrogens is 386 g/mol. The molecule has 0 amide bonds. The molecule has 0 aliphatic carbocycles. The minimum Gasteiger partial charge on any atom is -0.485 e. The lowest BCUT2D eigenvalue weighted by molar-refractivity contribution is 0.0537. The van der Waals surface area contributed by atoms with Crippen molar-refractivity contribution in [3.05, 3.63) is 45.5 Å². The van der Waals surface area contributed by atoms with Crippen molar-refractivity contribution in [1.82, 2.24) is 14.8 Å². The fraction of sp³-hybridized carbons (Fsp3) is 0.526. The van der Waals surface area contributed by atoms with E-state index in [9.17, 15) is 4.79 Å². The second kappa shape index (κ2) is 10.4. The zero-order valence-corrected chi connectivity index (χ0v) is 17.4. The topological polar surface area (TPSA) is 84.7 Å². The lowest BCUT2D eigenvalue weighted by Gasteiger charge is -2.21. The zero-order chi connectivity index (χ0) is 20.6. The Bertz CT molecular complexity index is 803. The summed E-state index contributed by atoms with van der Waals surface area (Å²) in [6, 6.07) is 3.57. The van der Waals surface area contributed by atoms with Crippen LogP contribution in [0.2, 0.25) is 5.02 Å². The van der Waals surface area contributed by atoms with Gasteiger partial charge in [-0.15, -0.1) is 0 Å². The van der Waals surface area contributed by atoms with E-state index in [0.717, 1.165) is 5.56 Å². The molecule has 0 saturated heterocycles. The average molecular weight is 412 g/mol. The molecule has 2 rings (SSSR count). The summed E-state index contributed by atoms with van der Waals surface area (Å²) in [4.78, 5) is 16.5. The first-order valence-electron chi connectivity index (χ1n) is 8.88. The van der Waals surface area contributed by atoms with Crippen LogP contribution >= 0.6 is 11.6 Å². The smallest absolute Gasteiger partial charge is 0.289 e. The van der Waals surface area contributed by atoms with Crippen molar-refractivity contribution in [3.63, 3.8) is 0 Å². The third-order valence-electron chi connectivity index (χ3n) is 3.62. The molecule has 8 nitrogen and oxygen atoms in total. The van der Waals surface area contributed by atoms with Crippen LogP contribution in [0, 0.1) is 0 Å². The Morgan fingerprint density at radius 1 is 1.07 bits per heavy atom. The summed E-state index contributed by atoms with van der Waals surface area (Å²) < 4.78 is 22.6. The third kappa shape index (κ3) is 6.47. The Morgan fingerprint density at radius 3 is 2.46 bits per heavy atom. The van der Waals surface area contributed by atoms with E-state index in [1.807, 2.05) is 26.8 Å². The van der Waals surface area contributed by atoms with Crippen LogP contribution in [0.4, 0.5) is 0 Å². The van der Waals surface area contributed by atoms with Crippen LogP contribution in [-0.4, -0.2) is 48.3 Å². The molecule has 0 aliphatic rings. The molecule has 2 heterocycles. The van der Waals surface area contributed by atoms with Gasteiger partial charge in [0.05, 0.1) is 31.6 Å². The molecule has 0 saturated carbocycles. The van der Waals surface area contributed by atoms with E-state index < -0.39 is 5.54 Å². The van der Waals surface area contributed by atoms with Crippen molar-refractivity contribution >= 4 is 11.6 Å². The number of methoxy groups -OCH3 is 1. The van der Waals surface area contributed by atoms with E-state index in [-0.39, 0.29) is 22.9 Å². The van der Waals surface area contributed by atoms with Crippen molar-refractivity contribution in [2.75, 3.05) is 33.5 Å². The van der Waals surface area contributed by atoms with Crippen LogP contribution in [0.15, 0.2) is 29.3 Å². The fourth-order valence-corrected chi connectivity index (χ4v) is 2.37. The molecule has 0 bridgehead atoms. The SMILES string of the molecule is COCCOCCOc1ccc(COc2cnn(C(C)(C)C)c(=O)c2Cl)cn1. The molecule has 0 fully saturated rings. The molecule has 0 atom stereocenters. The predicted octanol–water partition coefficient (Wildman–Crippen LogP) is 2.67. The molecule has 0 unspecified atom stereocenters. The highest BCUT2D eigenvalue weighted by Gasteiger charge is 2.20. The van der Waals surface area contributed by atoms with Crippen LogP contribution in [0.3, 0.4) is 0 Å². The van der Waals surface area contributed by atoms with Crippen LogP contribution in [0.5, 0.6) is 11.6 Å². The molecule has 0 spiro atoms. The molecule has 2 aromatic rings. The van der Waals surface area contributed by atoms with E-state index in [1.54, 1.807) is 19.4 Å². The van der Waals surface area contributed by atoms with Crippen LogP contribution in [0.25, 0.3) is 0 Å². The number of pyridine rings is 1. The molecular formula is C19H26ClN3O5. The number of rotatable bonds is 10. The molecule has 2 aromatic heterocycles. The van der Waals surface area contributed by atoms with Gasteiger partial charge in [-0.3, -0.25) is 4.79 Å². The van der Waals surface area contributed by atoms with Crippen LogP contribution in [0.1, 0.15) is 26.3 Å². The number of hydrogen-bond donors (Lipinski definition) is 0. The maximum atomic E-state index is 12.3. The molecule has 0 N–H and O–H groups in total. The standard InChI is InChI=1S/C19H26ClN3O5/c1-19(2,3)23-18(24)17(20)15(12-22-23)28-13-14-5-6-16(21-11-14)27-10-9-26-8-7-25-4/h5-6,11-12H,7-10,13H2,1-4H3. The maximum Gasteiger partial charge on any atom is 0.289 e. The summed E-state index contributed by atoms with van der Waals surface area (Å²) in [5.74, 6) is 0.729. The van der Waals surface area contributed by atoms with E-state index in [4.69, 9.17) is 30.5 Å². The summed E-state index contributed by atoms with van der Waals surface area (Å²) in [6.45, 7) is 7.77. The van der Waals surface area contributed by atoms with Gasteiger partial charge in [0.25, 0.3) is 5.56 Å². The van der Waals surface area contributed by atoms with Gasteiger partial charge in [0.1, 0.15) is 13.2 Å². The summed E-state index contributed by atoms with van der Waals surface area (Å²) in [7, 11) is 1.62. The first-order chi connectivity index (χ1) is 13.3. The number of aromatic nitrogens is 3. The predicted molar refractivity (Wildman–Crippen MR) is 105 cm³/mol. The molecule has 0 radical (unpaired) electrons. The Morgan fingerprint density at radius 2 is 1.82 bits per heavy atom. The van der Waals surface area contributed by atoms with Gasteiger partial charge in [0.2, 0.25) is 5.88 Å². The Kier molecular flexibility index (Phi) is 8.22. The highest BCUT2D eigenvalue weighted by molar-refractivity contribution is 6.31. The highest BCUT2D eigenvalue weighted by atomic mass is 35.5. The summed E-state index contributed by atoms with van der Waals surface area (Å²) in [6.07, 6.45) is 3.09. The Labute approximate surface area is 169 Å². The second-order valence-corrected chi connectivity index (χ2v) is 7.34. The first kappa shape index (κ1) is 22.1. The average Bonchev–Trinajstić information content (AvgIpc) is 2.65. The van der Waals surface area contributed by atoms with Crippen molar-refractivity contribution in [3.8, 4) is 11.6 Å². The van der Waals surface area contributed by atoms with Gasteiger partial charge in [-0.05, 0) is 26.8 Å². The van der Waals surface area contributed by atoms with Crippen LogP contribution in [-0.2, 0) is 21.6 Å².